The first kappa shape index (κ1) is 12.5. The largest absolute Gasteiger partial charge is 0.497 e. The Morgan fingerprint density at radius 2 is 2.33 bits per heavy atom. The molecule has 2 aromatic rings. The van der Waals surface area contributed by atoms with E-state index in [0.717, 1.165) is 5.82 Å². The van der Waals surface area contributed by atoms with Crippen molar-refractivity contribution in [3.05, 3.63) is 41.7 Å². The van der Waals surface area contributed by atoms with Gasteiger partial charge in [-0.15, -0.1) is 0 Å². The molecule has 1 aromatic heterocycles. The Morgan fingerprint density at radius 1 is 1.50 bits per heavy atom. The fourth-order valence-electron chi connectivity index (χ4n) is 1.66. The zero-order valence-corrected chi connectivity index (χ0v) is 10.3. The highest BCUT2D eigenvalue weighted by Crippen LogP contribution is 2.21. The van der Waals surface area contributed by atoms with E-state index in [9.17, 15) is 4.39 Å². The zero-order valence-electron chi connectivity index (χ0n) is 10.3. The minimum Gasteiger partial charge on any atom is -0.497 e. The van der Waals surface area contributed by atoms with Crippen molar-refractivity contribution in [2.75, 3.05) is 7.11 Å². The lowest BCUT2D eigenvalue weighted by Gasteiger charge is -2.14. The number of ether oxygens (including phenoxy) is 1. The molecule has 0 bridgehead atoms. The quantitative estimate of drug-likeness (QED) is 0.849. The van der Waals surface area contributed by atoms with Crippen LogP contribution in [0.3, 0.4) is 0 Å². The average Bonchev–Trinajstić information content (AvgIpc) is 2.88. The van der Waals surface area contributed by atoms with Gasteiger partial charge in [0.25, 0.3) is 0 Å². The van der Waals surface area contributed by atoms with E-state index in [0.29, 0.717) is 17.9 Å². The molecule has 1 aromatic carbocycles. The number of nitrogens with one attached hydrogen (secondary N) is 2. The van der Waals surface area contributed by atoms with E-state index in [1.165, 1.54) is 19.5 Å². The van der Waals surface area contributed by atoms with E-state index in [4.69, 9.17) is 4.74 Å². The van der Waals surface area contributed by atoms with Crippen LogP contribution >= 0.6 is 0 Å². The molecular weight excluding hydrogens is 235 g/mol. The van der Waals surface area contributed by atoms with E-state index in [1.54, 1.807) is 12.1 Å². The lowest BCUT2D eigenvalue weighted by molar-refractivity contribution is 0.409. The molecule has 1 heterocycles. The van der Waals surface area contributed by atoms with Gasteiger partial charge >= 0.3 is 0 Å². The van der Waals surface area contributed by atoms with Crippen LogP contribution in [0.1, 0.15) is 24.4 Å². The molecule has 0 aliphatic rings. The minimum absolute atomic E-state index is 0.124. The molecule has 0 aliphatic heterocycles. The van der Waals surface area contributed by atoms with Crippen molar-refractivity contribution in [3.8, 4) is 5.75 Å². The van der Waals surface area contributed by atoms with Crippen molar-refractivity contribution >= 4 is 0 Å². The van der Waals surface area contributed by atoms with Gasteiger partial charge in [0.15, 0.2) is 0 Å². The van der Waals surface area contributed by atoms with Crippen molar-refractivity contribution < 1.29 is 9.13 Å². The molecule has 5 nitrogen and oxygen atoms in total. The molecule has 6 heteroatoms. The second-order valence-electron chi connectivity index (χ2n) is 3.92. The standard InChI is InChI=1S/C12H15FN4O/c1-8(14-6-12-15-7-16-17-12)10-4-3-9(18-2)5-11(10)13/h3-5,7-8,14H,6H2,1-2H3,(H,15,16,17). The first-order chi connectivity index (χ1) is 8.70. The van der Waals surface area contributed by atoms with E-state index < -0.39 is 0 Å². The summed E-state index contributed by atoms with van der Waals surface area (Å²) in [4.78, 5) is 3.99. The van der Waals surface area contributed by atoms with Crippen molar-refractivity contribution in [1.82, 2.24) is 20.5 Å². The highest BCUT2D eigenvalue weighted by molar-refractivity contribution is 5.30. The van der Waals surface area contributed by atoms with Crippen molar-refractivity contribution in [1.29, 1.82) is 0 Å². The summed E-state index contributed by atoms with van der Waals surface area (Å²) in [6.07, 6.45) is 1.44. The van der Waals surface area contributed by atoms with Crippen LogP contribution in [0.5, 0.6) is 5.75 Å². The third kappa shape index (κ3) is 2.84. The molecule has 0 fully saturated rings. The van der Waals surface area contributed by atoms with Gasteiger partial charge in [-0.25, -0.2) is 9.37 Å². The number of methoxy groups -OCH3 is 1. The topological polar surface area (TPSA) is 62.8 Å². The highest BCUT2D eigenvalue weighted by Gasteiger charge is 2.11. The second-order valence-corrected chi connectivity index (χ2v) is 3.92. The second kappa shape index (κ2) is 5.59. The summed E-state index contributed by atoms with van der Waals surface area (Å²) in [7, 11) is 1.51. The summed E-state index contributed by atoms with van der Waals surface area (Å²) in [5.41, 5.74) is 0.593. The van der Waals surface area contributed by atoms with Crippen molar-refractivity contribution in [3.63, 3.8) is 0 Å². The van der Waals surface area contributed by atoms with Crippen LogP contribution in [0, 0.1) is 5.82 Å². The van der Waals surface area contributed by atoms with Gasteiger partial charge in [0.2, 0.25) is 0 Å². The summed E-state index contributed by atoms with van der Waals surface area (Å²) in [5, 5.41) is 9.65. The predicted octanol–water partition coefficient (Wildman–Crippen LogP) is 1.80. The van der Waals surface area contributed by atoms with Crippen LogP contribution < -0.4 is 10.1 Å². The van der Waals surface area contributed by atoms with Gasteiger partial charge in [0.05, 0.1) is 13.7 Å². The molecule has 0 saturated carbocycles. The summed E-state index contributed by atoms with van der Waals surface area (Å²) in [5.74, 6) is 0.946. The van der Waals surface area contributed by atoms with Crippen molar-refractivity contribution in [2.24, 2.45) is 0 Å². The molecule has 1 atom stereocenters. The van der Waals surface area contributed by atoms with Crippen LogP contribution in [-0.2, 0) is 6.54 Å². The number of H-pyrrole nitrogens is 1. The Balaban J connectivity index is 2.02. The smallest absolute Gasteiger partial charge is 0.138 e. The number of hydrogen-bond acceptors (Lipinski definition) is 4. The Hall–Kier alpha value is -1.95. The molecule has 2 rings (SSSR count). The minimum atomic E-state index is -0.285. The van der Waals surface area contributed by atoms with Crippen LogP contribution in [0.2, 0.25) is 0 Å². The first-order valence-electron chi connectivity index (χ1n) is 5.61. The average molecular weight is 250 g/mol. The number of aromatic amines is 1. The first-order valence-corrected chi connectivity index (χ1v) is 5.61. The Bertz CT molecular complexity index is 501. The van der Waals surface area contributed by atoms with Gasteiger partial charge in [-0.05, 0) is 13.0 Å². The van der Waals surface area contributed by atoms with E-state index in [-0.39, 0.29) is 11.9 Å². The summed E-state index contributed by atoms with van der Waals surface area (Å²) < 4.78 is 18.8. The predicted molar refractivity (Wildman–Crippen MR) is 64.6 cm³/mol. The molecule has 18 heavy (non-hydrogen) atoms. The molecule has 2 N–H and O–H groups in total. The number of benzene rings is 1. The van der Waals surface area contributed by atoms with Crippen LogP contribution in [0.25, 0.3) is 0 Å². The number of halogens is 1. The molecule has 0 amide bonds. The van der Waals surface area contributed by atoms with E-state index in [1.807, 2.05) is 6.92 Å². The zero-order chi connectivity index (χ0) is 13.0. The number of nitrogens with zero attached hydrogens (tertiary/aromatic N) is 2. The highest BCUT2D eigenvalue weighted by atomic mass is 19.1. The molecular formula is C12H15FN4O. The van der Waals surface area contributed by atoms with Gasteiger partial charge in [0.1, 0.15) is 23.7 Å². The van der Waals surface area contributed by atoms with E-state index >= 15 is 0 Å². The SMILES string of the molecule is COc1ccc(C(C)NCc2ncn[nH]2)c(F)c1. The van der Waals surface area contributed by atoms with Gasteiger partial charge < -0.3 is 10.1 Å². The van der Waals surface area contributed by atoms with Crippen LogP contribution in [-0.4, -0.2) is 22.3 Å². The monoisotopic (exact) mass is 250 g/mol. The number of aromatic nitrogens is 3. The lowest BCUT2D eigenvalue weighted by atomic mass is 10.1. The Morgan fingerprint density at radius 3 is 2.94 bits per heavy atom. The maximum atomic E-state index is 13.8. The summed E-state index contributed by atoms with van der Waals surface area (Å²) in [6, 6.07) is 4.71. The lowest BCUT2D eigenvalue weighted by Crippen LogP contribution is -2.19. The maximum absolute atomic E-state index is 13.8. The van der Waals surface area contributed by atoms with Gasteiger partial charge in [-0.2, -0.15) is 5.10 Å². The Labute approximate surface area is 104 Å². The van der Waals surface area contributed by atoms with E-state index in [2.05, 4.69) is 20.5 Å². The third-order valence-corrected chi connectivity index (χ3v) is 2.71. The number of rotatable bonds is 5. The van der Waals surface area contributed by atoms with Crippen LogP contribution in [0.15, 0.2) is 24.5 Å². The van der Waals surface area contributed by atoms with Crippen LogP contribution in [0.4, 0.5) is 4.39 Å². The molecule has 0 saturated heterocycles. The molecule has 1 unspecified atom stereocenters. The fraction of sp³-hybridized carbons (Fsp3) is 0.333. The molecule has 96 valence electrons. The van der Waals surface area contributed by atoms with Crippen molar-refractivity contribution in [2.45, 2.75) is 19.5 Å². The summed E-state index contributed by atoms with van der Waals surface area (Å²) >= 11 is 0. The third-order valence-electron chi connectivity index (χ3n) is 2.71. The Kier molecular flexibility index (Phi) is 3.88. The van der Waals surface area contributed by atoms with Gasteiger partial charge in [-0.3, -0.25) is 5.10 Å². The molecule has 0 spiro atoms. The normalized spacial score (nSPS) is 12.4. The summed E-state index contributed by atoms with van der Waals surface area (Å²) in [6.45, 7) is 2.40. The molecule has 0 aliphatic carbocycles. The fourth-order valence-corrected chi connectivity index (χ4v) is 1.66. The van der Waals surface area contributed by atoms with Gasteiger partial charge in [-0.1, -0.05) is 6.07 Å². The molecule has 0 radical (unpaired) electrons. The maximum Gasteiger partial charge on any atom is 0.138 e. The number of hydrogen-bond donors (Lipinski definition) is 2. The van der Waals surface area contributed by atoms with Gasteiger partial charge in [0, 0.05) is 17.7 Å².